The van der Waals surface area contributed by atoms with Gasteiger partial charge < -0.3 is 19.5 Å². The van der Waals surface area contributed by atoms with Crippen molar-refractivity contribution in [2.24, 2.45) is 0 Å². The van der Waals surface area contributed by atoms with Crippen LogP contribution in [-0.2, 0) is 10.2 Å². The van der Waals surface area contributed by atoms with Gasteiger partial charge >= 0.3 is 0 Å². The maximum absolute atomic E-state index is 5.61. The maximum atomic E-state index is 5.61. The summed E-state index contributed by atoms with van der Waals surface area (Å²) in [5, 5.41) is 6.21. The lowest BCUT2D eigenvalue weighted by Gasteiger charge is -2.36. The summed E-state index contributed by atoms with van der Waals surface area (Å²) in [5.41, 5.74) is 2.16. The van der Waals surface area contributed by atoms with Crippen LogP contribution in [0.4, 0.5) is 5.13 Å². The number of hydrogen-bond donors (Lipinski definition) is 1. The fourth-order valence-electron chi connectivity index (χ4n) is 3.15. The highest BCUT2D eigenvalue weighted by atomic mass is 32.1. The van der Waals surface area contributed by atoms with Crippen molar-refractivity contribution in [1.82, 2.24) is 4.98 Å². The summed E-state index contributed by atoms with van der Waals surface area (Å²) in [4.78, 5) is 4.78. The average Bonchev–Trinajstić information content (AvgIpc) is 3.11. The van der Waals surface area contributed by atoms with E-state index in [2.05, 4.69) is 22.8 Å². The van der Waals surface area contributed by atoms with E-state index >= 15 is 0 Å². The first-order valence-corrected chi connectivity index (χ1v) is 8.55. The van der Waals surface area contributed by atoms with Crippen molar-refractivity contribution in [2.75, 3.05) is 39.8 Å². The molecule has 1 aromatic heterocycles. The molecule has 124 valence electrons. The van der Waals surface area contributed by atoms with Crippen molar-refractivity contribution in [1.29, 1.82) is 0 Å². The summed E-state index contributed by atoms with van der Waals surface area (Å²) in [6.45, 7) is 1.47. The van der Waals surface area contributed by atoms with E-state index in [0.29, 0.717) is 0 Å². The fraction of sp³-hybridized carbons (Fsp3) is 0.471. The third-order valence-electron chi connectivity index (χ3n) is 4.49. The predicted octanol–water partition coefficient (Wildman–Crippen LogP) is 3.30. The summed E-state index contributed by atoms with van der Waals surface area (Å²) in [7, 11) is 5.22. The molecule has 0 radical (unpaired) electrons. The number of methoxy groups -OCH3 is 2. The number of aromatic nitrogens is 1. The van der Waals surface area contributed by atoms with Crippen molar-refractivity contribution >= 4 is 16.5 Å². The predicted molar refractivity (Wildman–Crippen MR) is 92.0 cm³/mol. The molecule has 1 aliphatic rings. The Morgan fingerprint density at radius 3 is 2.52 bits per heavy atom. The third kappa shape index (κ3) is 2.88. The van der Waals surface area contributed by atoms with E-state index in [1.807, 2.05) is 13.1 Å². The Labute approximate surface area is 140 Å². The van der Waals surface area contributed by atoms with Gasteiger partial charge in [-0.2, -0.15) is 0 Å². The second-order valence-corrected chi connectivity index (χ2v) is 6.41. The van der Waals surface area contributed by atoms with Crippen LogP contribution >= 0.6 is 11.3 Å². The SMILES string of the molecule is CNc1nc(C2(c3ccc(OC)c(OC)c3)CCOCC2)cs1. The summed E-state index contributed by atoms with van der Waals surface area (Å²) in [6, 6.07) is 6.16. The number of nitrogens with one attached hydrogen (secondary N) is 1. The van der Waals surface area contributed by atoms with Gasteiger partial charge in [0.15, 0.2) is 16.6 Å². The van der Waals surface area contributed by atoms with E-state index < -0.39 is 0 Å². The molecule has 0 amide bonds. The zero-order valence-electron chi connectivity index (χ0n) is 13.7. The molecule has 0 aliphatic carbocycles. The summed E-state index contributed by atoms with van der Waals surface area (Å²) in [5.74, 6) is 1.49. The molecule has 1 aromatic carbocycles. The lowest BCUT2D eigenvalue weighted by Crippen LogP contribution is -2.35. The number of ether oxygens (including phenoxy) is 3. The lowest BCUT2D eigenvalue weighted by atomic mass is 9.72. The van der Waals surface area contributed by atoms with Crippen LogP contribution in [0.5, 0.6) is 11.5 Å². The number of thiazole rings is 1. The molecule has 3 rings (SSSR count). The number of anilines is 1. The Kier molecular flexibility index (Phi) is 4.73. The molecular formula is C17H22N2O3S. The number of benzene rings is 1. The molecule has 5 nitrogen and oxygen atoms in total. The Balaban J connectivity index is 2.08. The Bertz CT molecular complexity index is 666. The van der Waals surface area contributed by atoms with Gasteiger partial charge in [-0.3, -0.25) is 0 Å². The molecule has 23 heavy (non-hydrogen) atoms. The van der Waals surface area contributed by atoms with Gasteiger partial charge in [0, 0.05) is 31.1 Å². The molecular weight excluding hydrogens is 312 g/mol. The molecule has 2 heterocycles. The molecule has 0 saturated carbocycles. The minimum Gasteiger partial charge on any atom is -0.493 e. The van der Waals surface area contributed by atoms with Crippen LogP contribution in [0.15, 0.2) is 23.6 Å². The molecule has 0 atom stereocenters. The van der Waals surface area contributed by atoms with Gasteiger partial charge in [0.1, 0.15) is 0 Å². The van der Waals surface area contributed by atoms with E-state index in [1.54, 1.807) is 25.6 Å². The van der Waals surface area contributed by atoms with E-state index in [4.69, 9.17) is 19.2 Å². The van der Waals surface area contributed by atoms with Crippen molar-refractivity contribution in [3.8, 4) is 11.5 Å². The van der Waals surface area contributed by atoms with Gasteiger partial charge in [-0.25, -0.2) is 4.98 Å². The zero-order chi connectivity index (χ0) is 16.3. The minimum atomic E-state index is -0.136. The summed E-state index contributed by atoms with van der Waals surface area (Å²) < 4.78 is 16.5. The van der Waals surface area contributed by atoms with Crippen LogP contribution in [0, 0.1) is 0 Å². The second kappa shape index (κ2) is 6.76. The maximum Gasteiger partial charge on any atom is 0.182 e. The normalized spacial score (nSPS) is 16.8. The standard InChI is InChI=1S/C17H22N2O3S/c1-18-16-19-15(11-23-16)17(6-8-22-9-7-17)12-4-5-13(20-2)14(10-12)21-3/h4-5,10-11H,6-9H2,1-3H3,(H,18,19). The topological polar surface area (TPSA) is 52.6 Å². The summed E-state index contributed by atoms with van der Waals surface area (Å²) in [6.07, 6.45) is 1.82. The molecule has 1 N–H and O–H groups in total. The third-order valence-corrected chi connectivity index (χ3v) is 5.35. The highest BCUT2D eigenvalue weighted by Gasteiger charge is 2.39. The summed E-state index contributed by atoms with van der Waals surface area (Å²) >= 11 is 1.64. The van der Waals surface area contributed by atoms with Crippen LogP contribution in [0.3, 0.4) is 0 Å². The zero-order valence-corrected chi connectivity index (χ0v) is 14.5. The van der Waals surface area contributed by atoms with Gasteiger partial charge in [0.25, 0.3) is 0 Å². The highest BCUT2D eigenvalue weighted by Crippen LogP contribution is 2.44. The number of rotatable bonds is 5. The molecule has 6 heteroatoms. The molecule has 2 aromatic rings. The van der Waals surface area contributed by atoms with Gasteiger partial charge in [0.2, 0.25) is 0 Å². The lowest BCUT2D eigenvalue weighted by molar-refractivity contribution is 0.0620. The van der Waals surface area contributed by atoms with Gasteiger partial charge in [-0.1, -0.05) is 6.07 Å². The van der Waals surface area contributed by atoms with Crippen LogP contribution in [-0.4, -0.2) is 39.5 Å². The van der Waals surface area contributed by atoms with E-state index in [0.717, 1.165) is 48.4 Å². The van der Waals surface area contributed by atoms with E-state index in [1.165, 1.54) is 5.56 Å². The fourth-order valence-corrected chi connectivity index (χ4v) is 3.93. The Morgan fingerprint density at radius 2 is 1.91 bits per heavy atom. The number of nitrogens with zero attached hydrogens (tertiary/aromatic N) is 1. The quantitative estimate of drug-likeness (QED) is 0.909. The first-order chi connectivity index (χ1) is 11.2. The van der Waals surface area contributed by atoms with E-state index in [9.17, 15) is 0 Å². The average molecular weight is 334 g/mol. The first kappa shape index (κ1) is 16.1. The van der Waals surface area contributed by atoms with Crippen LogP contribution in [0.1, 0.15) is 24.1 Å². The molecule has 0 unspecified atom stereocenters. The Morgan fingerprint density at radius 1 is 1.17 bits per heavy atom. The minimum absolute atomic E-state index is 0.136. The number of hydrogen-bond acceptors (Lipinski definition) is 6. The molecule has 1 saturated heterocycles. The smallest absolute Gasteiger partial charge is 0.182 e. The van der Waals surface area contributed by atoms with Gasteiger partial charge in [0.05, 0.1) is 19.9 Å². The molecule has 1 fully saturated rings. The molecule has 0 spiro atoms. The second-order valence-electron chi connectivity index (χ2n) is 5.55. The van der Waals surface area contributed by atoms with Crippen LogP contribution < -0.4 is 14.8 Å². The highest BCUT2D eigenvalue weighted by molar-refractivity contribution is 7.13. The van der Waals surface area contributed by atoms with Crippen LogP contribution in [0.25, 0.3) is 0 Å². The first-order valence-electron chi connectivity index (χ1n) is 7.67. The monoisotopic (exact) mass is 334 g/mol. The van der Waals surface area contributed by atoms with Crippen molar-refractivity contribution in [3.05, 3.63) is 34.8 Å². The van der Waals surface area contributed by atoms with Gasteiger partial charge in [-0.05, 0) is 30.5 Å². The van der Waals surface area contributed by atoms with E-state index in [-0.39, 0.29) is 5.41 Å². The van der Waals surface area contributed by atoms with Crippen molar-refractivity contribution in [2.45, 2.75) is 18.3 Å². The molecule has 1 aliphatic heterocycles. The van der Waals surface area contributed by atoms with Crippen molar-refractivity contribution in [3.63, 3.8) is 0 Å². The van der Waals surface area contributed by atoms with Gasteiger partial charge in [-0.15, -0.1) is 11.3 Å². The largest absolute Gasteiger partial charge is 0.493 e. The van der Waals surface area contributed by atoms with Crippen LogP contribution in [0.2, 0.25) is 0 Å². The molecule has 0 bridgehead atoms. The van der Waals surface area contributed by atoms with Crippen molar-refractivity contribution < 1.29 is 14.2 Å². The Hall–Kier alpha value is -1.79.